The molecule has 1 aromatic carbocycles. The van der Waals surface area contributed by atoms with E-state index in [0.717, 1.165) is 6.42 Å². The number of halogens is 2. The number of rotatable bonds is 6. The lowest BCUT2D eigenvalue weighted by atomic mass is 10.1. The van der Waals surface area contributed by atoms with Crippen molar-refractivity contribution >= 4 is 29.1 Å². The van der Waals surface area contributed by atoms with E-state index in [1.807, 2.05) is 6.92 Å². The molecule has 18 heavy (non-hydrogen) atoms. The first kappa shape index (κ1) is 15.3. The van der Waals surface area contributed by atoms with E-state index < -0.39 is 6.10 Å². The highest BCUT2D eigenvalue weighted by atomic mass is 35.5. The molecule has 0 radical (unpaired) electrons. The van der Waals surface area contributed by atoms with E-state index in [0.29, 0.717) is 35.0 Å². The minimum absolute atomic E-state index is 0.0128. The van der Waals surface area contributed by atoms with Crippen LogP contribution in [0, 0.1) is 0 Å². The van der Waals surface area contributed by atoms with Crippen LogP contribution in [0.2, 0.25) is 10.0 Å². The van der Waals surface area contributed by atoms with E-state index in [4.69, 9.17) is 23.2 Å². The maximum Gasteiger partial charge on any atom is 0.219 e. The highest BCUT2D eigenvalue weighted by Gasteiger charge is 2.10. The fraction of sp³-hybridized carbons (Fsp3) is 0.462. The minimum Gasteiger partial charge on any atom is -0.388 e. The van der Waals surface area contributed by atoms with Crippen LogP contribution in [0.1, 0.15) is 37.9 Å². The number of aliphatic hydroxyl groups excluding tert-OH is 1. The molecule has 100 valence electrons. The number of amides is 1. The molecule has 0 aliphatic heterocycles. The first-order valence-corrected chi connectivity index (χ1v) is 6.70. The van der Waals surface area contributed by atoms with Crippen molar-refractivity contribution in [3.8, 4) is 0 Å². The Morgan fingerprint density at radius 2 is 2.11 bits per heavy atom. The zero-order chi connectivity index (χ0) is 13.5. The van der Waals surface area contributed by atoms with Crippen molar-refractivity contribution in [1.29, 1.82) is 0 Å². The van der Waals surface area contributed by atoms with Gasteiger partial charge in [0.25, 0.3) is 0 Å². The highest BCUT2D eigenvalue weighted by molar-refractivity contribution is 6.42. The molecule has 1 atom stereocenters. The number of nitrogens with one attached hydrogen (secondary N) is 1. The highest BCUT2D eigenvalue weighted by Crippen LogP contribution is 2.26. The summed E-state index contributed by atoms with van der Waals surface area (Å²) in [6, 6.07) is 5.02. The van der Waals surface area contributed by atoms with Crippen molar-refractivity contribution in [3.63, 3.8) is 0 Å². The van der Waals surface area contributed by atoms with Gasteiger partial charge >= 0.3 is 0 Å². The normalized spacial score (nSPS) is 12.2. The summed E-state index contributed by atoms with van der Waals surface area (Å²) in [6.45, 7) is 2.39. The number of hydrogen-bond donors (Lipinski definition) is 2. The zero-order valence-corrected chi connectivity index (χ0v) is 11.8. The van der Waals surface area contributed by atoms with Gasteiger partial charge in [0.15, 0.2) is 0 Å². The van der Waals surface area contributed by atoms with Crippen molar-refractivity contribution in [2.24, 2.45) is 0 Å². The first-order valence-electron chi connectivity index (χ1n) is 5.94. The lowest BCUT2D eigenvalue weighted by Crippen LogP contribution is -2.25. The summed E-state index contributed by atoms with van der Waals surface area (Å²) in [4.78, 5) is 11.2. The van der Waals surface area contributed by atoms with Crippen molar-refractivity contribution < 1.29 is 9.90 Å². The monoisotopic (exact) mass is 289 g/mol. The standard InChI is InChI=1S/C13H17Cl2NO2/c1-2-3-13(18)16-7-6-12(17)9-4-5-10(14)11(15)8-9/h4-5,8,12,17H,2-3,6-7H2,1H3,(H,16,18)/t12-/m0/s1. The third-order valence-electron chi connectivity index (χ3n) is 2.55. The number of carbonyl (C=O) groups excluding carboxylic acids is 1. The molecule has 0 saturated heterocycles. The van der Waals surface area contributed by atoms with Gasteiger partial charge in [-0.15, -0.1) is 0 Å². The van der Waals surface area contributed by atoms with E-state index >= 15 is 0 Å². The summed E-state index contributed by atoms with van der Waals surface area (Å²) in [7, 11) is 0. The molecule has 0 heterocycles. The second kappa shape index (κ2) is 7.62. The van der Waals surface area contributed by atoms with Crippen LogP contribution in [0.25, 0.3) is 0 Å². The molecule has 0 aromatic heterocycles. The maximum absolute atomic E-state index is 11.2. The molecule has 0 fully saturated rings. The van der Waals surface area contributed by atoms with Gasteiger partial charge in [0.1, 0.15) is 0 Å². The molecule has 5 heteroatoms. The fourth-order valence-corrected chi connectivity index (χ4v) is 1.86. The number of benzene rings is 1. The van der Waals surface area contributed by atoms with Gasteiger partial charge < -0.3 is 10.4 Å². The summed E-state index contributed by atoms with van der Waals surface area (Å²) in [5.74, 6) is 0.0128. The topological polar surface area (TPSA) is 49.3 Å². The van der Waals surface area contributed by atoms with Crippen LogP contribution in [0.15, 0.2) is 18.2 Å². The van der Waals surface area contributed by atoms with Gasteiger partial charge in [-0.05, 0) is 30.5 Å². The average molecular weight is 290 g/mol. The summed E-state index contributed by atoms with van der Waals surface area (Å²) in [5, 5.41) is 13.6. The number of carbonyl (C=O) groups is 1. The molecule has 1 rings (SSSR count). The molecule has 0 aliphatic rings. The molecule has 0 unspecified atom stereocenters. The van der Waals surface area contributed by atoms with Gasteiger partial charge in [0.2, 0.25) is 5.91 Å². The van der Waals surface area contributed by atoms with Crippen molar-refractivity contribution in [2.75, 3.05) is 6.54 Å². The smallest absolute Gasteiger partial charge is 0.219 e. The Balaban J connectivity index is 2.43. The summed E-state index contributed by atoms with van der Waals surface area (Å²) in [6.07, 6.45) is 1.14. The van der Waals surface area contributed by atoms with Crippen LogP contribution in [0.5, 0.6) is 0 Å². The van der Waals surface area contributed by atoms with E-state index in [1.165, 1.54) is 0 Å². The SMILES string of the molecule is CCCC(=O)NCC[C@H](O)c1ccc(Cl)c(Cl)c1. The van der Waals surface area contributed by atoms with Gasteiger partial charge in [-0.25, -0.2) is 0 Å². The van der Waals surface area contributed by atoms with Crippen LogP contribution in [-0.2, 0) is 4.79 Å². The van der Waals surface area contributed by atoms with Crippen LogP contribution in [-0.4, -0.2) is 17.6 Å². The Hall–Kier alpha value is -0.770. The molecule has 0 spiro atoms. The Labute approximate surface area is 117 Å². The van der Waals surface area contributed by atoms with Crippen LogP contribution in [0.4, 0.5) is 0 Å². The second-order valence-corrected chi connectivity index (χ2v) is 4.89. The van der Waals surface area contributed by atoms with Crippen molar-refractivity contribution in [1.82, 2.24) is 5.32 Å². The lowest BCUT2D eigenvalue weighted by Gasteiger charge is -2.12. The van der Waals surface area contributed by atoms with Crippen LogP contribution < -0.4 is 5.32 Å². The molecule has 2 N–H and O–H groups in total. The van der Waals surface area contributed by atoms with Crippen molar-refractivity contribution in [3.05, 3.63) is 33.8 Å². The average Bonchev–Trinajstić information content (AvgIpc) is 2.33. The predicted molar refractivity (Wildman–Crippen MR) is 74.0 cm³/mol. The molecular weight excluding hydrogens is 273 g/mol. The van der Waals surface area contributed by atoms with Gasteiger partial charge in [-0.2, -0.15) is 0 Å². The second-order valence-electron chi connectivity index (χ2n) is 4.08. The Morgan fingerprint density at radius 3 is 2.72 bits per heavy atom. The van der Waals surface area contributed by atoms with Crippen LogP contribution >= 0.6 is 23.2 Å². The number of aliphatic hydroxyl groups is 1. The Morgan fingerprint density at radius 1 is 1.39 bits per heavy atom. The van der Waals surface area contributed by atoms with E-state index in [9.17, 15) is 9.90 Å². The molecule has 0 aliphatic carbocycles. The predicted octanol–water partition coefficient (Wildman–Crippen LogP) is 3.33. The van der Waals surface area contributed by atoms with E-state index in [-0.39, 0.29) is 5.91 Å². The fourth-order valence-electron chi connectivity index (χ4n) is 1.55. The molecule has 1 aromatic rings. The van der Waals surface area contributed by atoms with Gasteiger partial charge in [-0.1, -0.05) is 36.2 Å². The Bertz CT molecular complexity index is 410. The number of hydrogen-bond acceptors (Lipinski definition) is 2. The minimum atomic E-state index is -0.651. The van der Waals surface area contributed by atoms with Gasteiger partial charge in [0, 0.05) is 13.0 Å². The quantitative estimate of drug-likeness (QED) is 0.844. The van der Waals surface area contributed by atoms with Gasteiger partial charge in [0.05, 0.1) is 16.1 Å². The maximum atomic E-state index is 11.2. The van der Waals surface area contributed by atoms with Crippen molar-refractivity contribution in [2.45, 2.75) is 32.3 Å². The largest absolute Gasteiger partial charge is 0.388 e. The summed E-state index contributed by atoms with van der Waals surface area (Å²) in [5.41, 5.74) is 0.703. The third-order valence-corrected chi connectivity index (χ3v) is 3.28. The third kappa shape index (κ3) is 4.84. The zero-order valence-electron chi connectivity index (χ0n) is 10.2. The Kier molecular flexibility index (Phi) is 6.47. The summed E-state index contributed by atoms with van der Waals surface area (Å²) >= 11 is 11.7. The lowest BCUT2D eigenvalue weighted by molar-refractivity contribution is -0.121. The molecule has 0 saturated carbocycles. The van der Waals surface area contributed by atoms with Gasteiger partial charge in [-0.3, -0.25) is 4.79 Å². The molecule has 0 bridgehead atoms. The molecular formula is C13H17Cl2NO2. The first-order chi connectivity index (χ1) is 8.54. The van der Waals surface area contributed by atoms with E-state index in [1.54, 1.807) is 18.2 Å². The summed E-state index contributed by atoms with van der Waals surface area (Å²) < 4.78 is 0. The molecule has 3 nitrogen and oxygen atoms in total. The van der Waals surface area contributed by atoms with E-state index in [2.05, 4.69) is 5.32 Å². The molecule has 1 amide bonds. The van der Waals surface area contributed by atoms with Crippen LogP contribution in [0.3, 0.4) is 0 Å².